The summed E-state index contributed by atoms with van der Waals surface area (Å²) in [5.74, 6) is 0. The van der Waals surface area contributed by atoms with E-state index in [-0.39, 0.29) is 11.4 Å². The van der Waals surface area contributed by atoms with E-state index in [1.807, 2.05) is 12.1 Å². The normalized spacial score (nSPS) is 11.9. The van der Waals surface area contributed by atoms with Crippen LogP contribution in [-0.4, -0.2) is 29.5 Å². The number of benzene rings is 1. The van der Waals surface area contributed by atoms with Crippen LogP contribution in [0.2, 0.25) is 0 Å². The summed E-state index contributed by atoms with van der Waals surface area (Å²) in [6.07, 6.45) is 1.34. The maximum Gasteiger partial charge on any atom is 0.246 e. The van der Waals surface area contributed by atoms with Gasteiger partial charge in [0.25, 0.3) is 0 Å². The van der Waals surface area contributed by atoms with Crippen LogP contribution in [0.5, 0.6) is 0 Å². The minimum atomic E-state index is -3.55. The molecule has 1 heterocycles. The zero-order valence-corrected chi connectivity index (χ0v) is 12.3. The van der Waals surface area contributed by atoms with E-state index in [9.17, 15) is 8.42 Å². The molecular weight excluding hydrogens is 276 g/mol. The zero-order valence-electron chi connectivity index (χ0n) is 11.5. The molecule has 108 valence electrons. The number of rotatable bonds is 5. The van der Waals surface area contributed by atoms with Crippen molar-refractivity contribution in [3.8, 4) is 0 Å². The molecule has 0 amide bonds. The number of aryl methyl sites for hydroxylation is 1. The van der Waals surface area contributed by atoms with Crippen molar-refractivity contribution in [2.24, 2.45) is 0 Å². The van der Waals surface area contributed by atoms with Gasteiger partial charge in [0.15, 0.2) is 0 Å². The summed E-state index contributed by atoms with van der Waals surface area (Å²) in [4.78, 5) is 0.211. The number of aromatic nitrogens is 2. The fourth-order valence-electron chi connectivity index (χ4n) is 2.00. The topological polar surface area (TPSA) is 92.1 Å². The molecule has 7 heteroatoms. The van der Waals surface area contributed by atoms with Crippen molar-refractivity contribution in [2.45, 2.75) is 25.3 Å². The Bertz CT molecular complexity index is 694. The molecule has 0 spiro atoms. The Hall–Kier alpha value is -1.86. The van der Waals surface area contributed by atoms with Crippen molar-refractivity contribution < 1.29 is 8.42 Å². The van der Waals surface area contributed by atoms with Crippen molar-refractivity contribution in [3.05, 3.63) is 41.7 Å². The van der Waals surface area contributed by atoms with E-state index in [2.05, 4.69) is 10.2 Å². The van der Waals surface area contributed by atoms with Gasteiger partial charge in [-0.2, -0.15) is 9.40 Å². The van der Waals surface area contributed by atoms with E-state index in [0.29, 0.717) is 17.9 Å². The van der Waals surface area contributed by atoms with Crippen LogP contribution in [0.3, 0.4) is 0 Å². The monoisotopic (exact) mass is 294 g/mol. The van der Waals surface area contributed by atoms with Crippen molar-refractivity contribution in [1.29, 1.82) is 0 Å². The van der Waals surface area contributed by atoms with Crippen LogP contribution in [0.15, 0.2) is 35.4 Å². The Balaban J connectivity index is 2.31. The minimum Gasteiger partial charge on any atom is -0.399 e. The highest BCUT2D eigenvalue weighted by atomic mass is 32.2. The number of aromatic amines is 1. The van der Waals surface area contributed by atoms with Gasteiger partial charge in [-0.05, 0) is 24.6 Å². The maximum absolute atomic E-state index is 12.6. The number of anilines is 1. The van der Waals surface area contributed by atoms with Gasteiger partial charge < -0.3 is 5.73 Å². The third-order valence-electron chi connectivity index (χ3n) is 3.06. The number of hydrogen-bond donors (Lipinski definition) is 2. The molecule has 0 saturated heterocycles. The molecule has 6 nitrogen and oxygen atoms in total. The number of nitrogen functional groups attached to an aromatic ring is 1. The Kier molecular flexibility index (Phi) is 4.10. The predicted molar refractivity (Wildman–Crippen MR) is 77.4 cm³/mol. The van der Waals surface area contributed by atoms with E-state index < -0.39 is 10.0 Å². The van der Waals surface area contributed by atoms with Gasteiger partial charge in [-0.1, -0.05) is 19.1 Å². The molecule has 20 heavy (non-hydrogen) atoms. The number of sulfonamides is 1. The number of nitrogens with two attached hydrogens (primary N) is 1. The average Bonchev–Trinajstić information content (AvgIpc) is 2.83. The number of H-pyrrole nitrogens is 1. The lowest BCUT2D eigenvalue weighted by Crippen LogP contribution is -2.30. The standard InChI is InChI=1S/C13H18N4O2S/c1-3-17(9-11-5-4-6-12(14)7-11)20(18,19)13-8-15-16-10(13)2/h4-8H,3,9,14H2,1-2H3,(H,15,16). The number of hydrogen-bond acceptors (Lipinski definition) is 4. The molecule has 0 atom stereocenters. The summed E-state index contributed by atoms with van der Waals surface area (Å²) in [7, 11) is -3.55. The van der Waals surface area contributed by atoms with E-state index in [0.717, 1.165) is 5.56 Å². The predicted octanol–water partition coefficient (Wildman–Crippen LogP) is 1.51. The number of nitrogens with zero attached hydrogens (tertiary/aromatic N) is 2. The fraction of sp³-hybridized carbons (Fsp3) is 0.308. The maximum atomic E-state index is 12.6. The molecule has 0 aliphatic rings. The van der Waals surface area contributed by atoms with Gasteiger partial charge in [0.2, 0.25) is 10.0 Å². The van der Waals surface area contributed by atoms with Crippen LogP contribution in [-0.2, 0) is 16.6 Å². The minimum absolute atomic E-state index is 0.211. The van der Waals surface area contributed by atoms with Crippen LogP contribution < -0.4 is 5.73 Å². The first-order valence-electron chi connectivity index (χ1n) is 6.29. The van der Waals surface area contributed by atoms with Crippen LogP contribution in [0, 0.1) is 6.92 Å². The largest absolute Gasteiger partial charge is 0.399 e. The second-order valence-electron chi connectivity index (χ2n) is 4.54. The molecule has 3 N–H and O–H groups in total. The summed E-state index contributed by atoms with van der Waals surface area (Å²) in [6, 6.07) is 7.22. The Morgan fingerprint density at radius 3 is 2.70 bits per heavy atom. The van der Waals surface area contributed by atoms with Gasteiger partial charge in [-0.25, -0.2) is 8.42 Å². The van der Waals surface area contributed by atoms with Gasteiger partial charge >= 0.3 is 0 Å². The van der Waals surface area contributed by atoms with Gasteiger partial charge in [0.1, 0.15) is 4.90 Å². The SMILES string of the molecule is CCN(Cc1cccc(N)c1)S(=O)(=O)c1cn[nH]c1C. The first kappa shape index (κ1) is 14.5. The fourth-order valence-corrected chi connectivity index (χ4v) is 3.56. The van der Waals surface area contributed by atoms with E-state index in [1.165, 1.54) is 10.5 Å². The summed E-state index contributed by atoms with van der Waals surface area (Å²) in [5, 5.41) is 6.43. The summed E-state index contributed by atoms with van der Waals surface area (Å²) in [5.41, 5.74) is 7.74. The molecular formula is C13H18N4O2S. The van der Waals surface area contributed by atoms with Crippen LogP contribution in [0.1, 0.15) is 18.2 Å². The van der Waals surface area contributed by atoms with Crippen molar-refractivity contribution >= 4 is 15.7 Å². The molecule has 0 bridgehead atoms. The second kappa shape index (κ2) is 5.64. The van der Waals surface area contributed by atoms with Gasteiger partial charge in [0.05, 0.1) is 11.9 Å². The van der Waals surface area contributed by atoms with E-state index >= 15 is 0 Å². The molecule has 0 radical (unpaired) electrons. The molecule has 0 unspecified atom stereocenters. The summed E-state index contributed by atoms with van der Waals surface area (Å²) < 4.78 is 26.5. The first-order valence-corrected chi connectivity index (χ1v) is 7.73. The number of nitrogens with one attached hydrogen (secondary N) is 1. The Labute approximate surface area is 118 Å². The molecule has 2 aromatic rings. The first-order chi connectivity index (χ1) is 9.45. The second-order valence-corrected chi connectivity index (χ2v) is 6.44. The quantitative estimate of drug-likeness (QED) is 0.818. The van der Waals surface area contributed by atoms with Crippen LogP contribution >= 0.6 is 0 Å². The van der Waals surface area contributed by atoms with Crippen molar-refractivity contribution in [3.63, 3.8) is 0 Å². The van der Waals surface area contributed by atoms with Gasteiger partial charge in [-0.15, -0.1) is 0 Å². The molecule has 2 rings (SSSR count). The third-order valence-corrected chi connectivity index (χ3v) is 5.10. The molecule has 0 aliphatic carbocycles. The molecule has 1 aromatic carbocycles. The van der Waals surface area contributed by atoms with Crippen LogP contribution in [0.4, 0.5) is 5.69 Å². The molecule has 1 aromatic heterocycles. The highest BCUT2D eigenvalue weighted by Gasteiger charge is 2.26. The van der Waals surface area contributed by atoms with Crippen LogP contribution in [0.25, 0.3) is 0 Å². The highest BCUT2D eigenvalue weighted by molar-refractivity contribution is 7.89. The van der Waals surface area contributed by atoms with Crippen molar-refractivity contribution in [2.75, 3.05) is 12.3 Å². The lowest BCUT2D eigenvalue weighted by atomic mass is 10.2. The van der Waals surface area contributed by atoms with Gasteiger partial charge in [-0.3, -0.25) is 5.10 Å². The smallest absolute Gasteiger partial charge is 0.246 e. The Morgan fingerprint density at radius 2 is 2.15 bits per heavy atom. The van der Waals surface area contributed by atoms with Crippen molar-refractivity contribution in [1.82, 2.24) is 14.5 Å². The lowest BCUT2D eigenvalue weighted by Gasteiger charge is -2.20. The average molecular weight is 294 g/mol. The third kappa shape index (κ3) is 2.83. The summed E-state index contributed by atoms with van der Waals surface area (Å²) in [6.45, 7) is 4.16. The Morgan fingerprint density at radius 1 is 1.40 bits per heavy atom. The van der Waals surface area contributed by atoms with E-state index in [4.69, 9.17) is 5.73 Å². The highest BCUT2D eigenvalue weighted by Crippen LogP contribution is 2.20. The molecule has 0 saturated carbocycles. The van der Waals surface area contributed by atoms with E-state index in [1.54, 1.807) is 26.0 Å². The summed E-state index contributed by atoms with van der Waals surface area (Å²) >= 11 is 0. The lowest BCUT2D eigenvalue weighted by molar-refractivity contribution is 0.423. The zero-order chi connectivity index (χ0) is 14.8. The van der Waals surface area contributed by atoms with Gasteiger partial charge in [0, 0.05) is 18.8 Å². The molecule has 0 aliphatic heterocycles. The molecule has 0 fully saturated rings.